The zero-order chi connectivity index (χ0) is 97.3. The summed E-state index contributed by atoms with van der Waals surface area (Å²) >= 11 is 0. The lowest BCUT2D eigenvalue weighted by Gasteiger charge is -2.39. The lowest BCUT2D eigenvalue weighted by Crippen LogP contribution is -2.45. The average Bonchev–Trinajstić information content (AvgIpc) is 0.709. The van der Waals surface area contributed by atoms with Gasteiger partial charge in [0.25, 0.3) is 11.8 Å². The topological polar surface area (TPSA) is 315 Å². The van der Waals surface area contributed by atoms with E-state index in [0.717, 1.165) is 239 Å². The zero-order valence-electron chi connectivity index (χ0n) is 78.9. The number of halogens is 6. The number of nitrogens with one attached hydrogen (secondary N) is 4. The molecule has 10 heterocycles. The number of hydrogen-bond donors (Lipinski definition) is 5. The summed E-state index contributed by atoms with van der Waals surface area (Å²) in [4.78, 5) is 96.3. The number of alkyl halides is 6. The molecule has 7 aromatic rings. The Hall–Kier alpha value is -11.0. The maximum atomic E-state index is 15.5. The van der Waals surface area contributed by atoms with Crippen molar-refractivity contribution in [1.82, 2.24) is 40.2 Å². The number of carbonyl (C=O) groups is 7. The van der Waals surface area contributed by atoms with Crippen LogP contribution in [0.3, 0.4) is 0 Å². The van der Waals surface area contributed by atoms with Gasteiger partial charge in [-0.1, -0.05) is 17.7 Å². The Labute approximate surface area is 797 Å². The molecule has 0 bridgehead atoms. The molecule has 10 aliphatic heterocycles. The Morgan fingerprint density at radius 3 is 1.22 bits per heavy atom. The van der Waals surface area contributed by atoms with E-state index in [-0.39, 0.29) is 125 Å². The minimum absolute atomic E-state index is 0.00181. The number of amides is 6. The smallest absolute Gasteiger partial charge is 0.455 e. The van der Waals surface area contributed by atoms with Crippen molar-refractivity contribution in [1.29, 1.82) is 0 Å². The standard InChI is InChI=1S/C55H63F3N5O10P.C47H57F3N5O8P/c1-35-16-18-39(19-17-35)72-54(67)69-31-28-61(3)52(65)41-21-20-40(74(68,70-29-6-4-22-59-36(2)64)71-30-7-5-23-60-53(66)55(56,57)58)34-44(41)47-45-32-37-12-8-24-62-26-10-14-42(48(37)62)50(45)73-51-43-15-11-27-63-25-9-13-38(49(43)63)33-46(47)51;1-30(57)51-17-3-5-25-61-64(60,62-26-6-4-18-52-46(59)47(48,49)50)33-15-16-34(45(58)53(2)23-24-56)37(29-33)40-38-27-31-11-7-19-54-21-9-13-35(41(31)54)43(38)63-44-36-14-10-22-55-20-8-12-32(42(36)55)28-39(40)44/h16-21,32-34H,4-15,22-31H2,1-3H3,(H-,59,60,64,66);15-16,27-29,56H,3-14,17-26H2,1-2H3,(H-,51,52,57,59)/p+2. The lowest BCUT2D eigenvalue weighted by atomic mass is 9.81. The summed E-state index contributed by atoms with van der Waals surface area (Å²) in [6, 6.07) is 25.6. The average molecular weight is 1950 g/mol. The van der Waals surface area contributed by atoms with Gasteiger partial charge in [0.2, 0.25) is 22.5 Å². The Kier molecular flexibility index (Phi) is 31.7. The number of aliphatic hydroxyl groups excluding tert-OH is 1. The highest BCUT2D eigenvalue weighted by atomic mass is 31.2. The van der Waals surface area contributed by atoms with E-state index < -0.39 is 51.4 Å². The first kappa shape index (κ1) is 100. The predicted molar refractivity (Wildman–Crippen MR) is 508 cm³/mol. The number of aliphatic hydroxyl groups is 1. The molecule has 138 heavy (non-hydrogen) atoms. The fourth-order valence-electron chi connectivity index (χ4n) is 20.7. The van der Waals surface area contributed by atoms with Gasteiger partial charge in [0.15, 0.2) is 0 Å². The molecule has 0 radical (unpaired) electrons. The number of unbranched alkanes of at least 4 members (excludes halogenated alkanes) is 4. The Bertz CT molecular complexity index is 6260. The Balaban J connectivity index is 0.000000202. The highest BCUT2D eigenvalue weighted by Gasteiger charge is 2.44. The van der Waals surface area contributed by atoms with Crippen molar-refractivity contribution in [3.05, 3.63) is 190 Å². The number of likely N-dealkylation sites (N-methyl/N-ethyl adjacent to an activating group) is 2. The highest BCUT2D eigenvalue weighted by molar-refractivity contribution is 7.62. The molecule has 2 atom stereocenters. The number of hydrogen-bond acceptors (Lipinski definition) is 20. The molecule has 0 saturated heterocycles. The molecule has 36 heteroatoms. The molecule has 0 saturated carbocycles. The number of ether oxygens (including phenoxy) is 4. The molecule has 5 N–H and O–H groups in total. The summed E-state index contributed by atoms with van der Waals surface area (Å²) < 4.78 is 163. The van der Waals surface area contributed by atoms with Crippen LogP contribution in [0.5, 0.6) is 28.7 Å². The minimum atomic E-state index is -5.03. The van der Waals surface area contributed by atoms with Crippen LogP contribution in [0.15, 0.2) is 84.9 Å². The quantitative estimate of drug-likeness (QED) is 0.00608. The van der Waals surface area contributed by atoms with Crippen LogP contribution < -0.4 is 86.2 Å². The summed E-state index contributed by atoms with van der Waals surface area (Å²) in [5.41, 5.74) is 17.6. The number of fused-ring (bicyclic) bond motifs is 8. The molecule has 0 aliphatic carbocycles. The summed E-state index contributed by atoms with van der Waals surface area (Å²) in [6.45, 7) is 12.0. The van der Waals surface area contributed by atoms with E-state index in [9.17, 15) is 60.2 Å². The molecule has 738 valence electrons. The number of nitrogens with zero attached hydrogens (tertiary/aromatic N) is 6. The highest BCUT2D eigenvalue weighted by Crippen LogP contribution is 2.55. The Morgan fingerprint density at radius 1 is 0.442 bits per heavy atom. The normalized spacial score (nSPS) is 16.5. The molecule has 2 unspecified atom stereocenters. The van der Waals surface area contributed by atoms with E-state index in [0.29, 0.717) is 61.2 Å². The van der Waals surface area contributed by atoms with Crippen LogP contribution in [0.2, 0.25) is 0 Å². The van der Waals surface area contributed by atoms with Crippen molar-refractivity contribution in [2.75, 3.05) is 155 Å². The van der Waals surface area contributed by atoms with Gasteiger partial charge in [-0.05, 0) is 230 Å². The molecule has 0 fully saturated rings. The minimum Gasteiger partial charge on any atom is -0.455 e. The van der Waals surface area contributed by atoms with Crippen LogP contribution in [-0.4, -0.2) is 214 Å². The number of anilines is 2. The van der Waals surface area contributed by atoms with E-state index in [1.165, 1.54) is 68.0 Å². The first-order chi connectivity index (χ1) is 66.4. The van der Waals surface area contributed by atoms with Crippen LogP contribution in [0.25, 0.3) is 11.1 Å². The Morgan fingerprint density at radius 2 is 0.819 bits per heavy atom. The van der Waals surface area contributed by atoms with Gasteiger partial charge < -0.3 is 83.0 Å². The van der Waals surface area contributed by atoms with Gasteiger partial charge in [-0.3, -0.25) is 37.9 Å². The molecule has 0 spiro atoms. The first-order valence-electron chi connectivity index (χ1n) is 48.5. The second-order valence-corrected chi connectivity index (χ2v) is 41.0. The summed E-state index contributed by atoms with van der Waals surface area (Å²) in [6.07, 6.45) is 6.01. The van der Waals surface area contributed by atoms with E-state index in [1.54, 1.807) is 62.6 Å². The van der Waals surface area contributed by atoms with E-state index >= 15 is 13.9 Å². The molecular weight excluding hydrogens is 1830 g/mol. The third-order valence-electron chi connectivity index (χ3n) is 27.2. The first-order valence-corrected chi connectivity index (χ1v) is 51.6. The summed E-state index contributed by atoms with van der Waals surface area (Å²) in [5, 5.41) is 23.6. The largest absolute Gasteiger partial charge is 0.513 e. The van der Waals surface area contributed by atoms with E-state index in [1.807, 2.05) is 29.7 Å². The zero-order valence-corrected chi connectivity index (χ0v) is 80.7. The van der Waals surface area contributed by atoms with Gasteiger partial charge in [-0.15, -0.1) is 0 Å². The van der Waals surface area contributed by atoms with Gasteiger partial charge in [0.05, 0.1) is 61.3 Å². The monoisotopic (exact) mass is 1950 g/mol. The molecule has 7 aromatic carbocycles. The van der Waals surface area contributed by atoms with Crippen molar-refractivity contribution in [2.24, 2.45) is 0 Å². The third kappa shape index (κ3) is 22.2. The second-order valence-electron chi connectivity index (χ2n) is 37.0. The number of benzene rings is 7. The molecule has 6 amide bonds. The fourth-order valence-corrected chi connectivity index (χ4v) is 24.0. The third-order valence-corrected chi connectivity index (χ3v) is 31.1. The molecule has 28 nitrogen and oxygen atoms in total. The van der Waals surface area contributed by atoms with Crippen molar-refractivity contribution >= 4 is 89.9 Å². The maximum absolute atomic E-state index is 15.5. The van der Waals surface area contributed by atoms with Gasteiger partial charge in [-0.2, -0.15) is 26.3 Å². The van der Waals surface area contributed by atoms with Crippen LogP contribution >= 0.6 is 15.2 Å². The lowest BCUT2D eigenvalue weighted by molar-refractivity contribution is -0.173. The number of aryl methyl sites for hydroxylation is 5. The van der Waals surface area contributed by atoms with Crippen molar-refractivity contribution in [3.8, 4) is 28.7 Å². The van der Waals surface area contributed by atoms with Crippen LogP contribution in [0.4, 0.5) is 42.5 Å². The van der Waals surface area contributed by atoms with Crippen LogP contribution in [-0.2, 0) is 103 Å². The fraction of sp³-hybridized carbons (Fsp3) is 0.500. The van der Waals surface area contributed by atoms with Gasteiger partial charge in [-0.25, -0.2) is 13.9 Å². The number of rotatable bonds is 36. The molecule has 10 aliphatic rings. The second kappa shape index (κ2) is 43.8. The summed E-state index contributed by atoms with van der Waals surface area (Å²) in [7, 11) is -5.26. The van der Waals surface area contributed by atoms with Crippen LogP contribution in [0.1, 0.15) is 210 Å². The van der Waals surface area contributed by atoms with Crippen molar-refractivity contribution in [3.63, 3.8) is 0 Å². The van der Waals surface area contributed by atoms with Gasteiger partial charge in [0.1, 0.15) is 61.5 Å². The van der Waals surface area contributed by atoms with E-state index in [4.69, 9.17) is 37.0 Å². The SMILES string of the molecule is CC(=O)NCCCCOP(=O)(OCCCCNC(=O)C(F)(F)F)c1ccc(C(=O)N(C)CCO)c(C2=c3cc4c5c(c3Oc3c2cc2c6c3CCCN6CCC2)CCC[N+]=5CCC4)c1.CC(=O)NCCCCOP(=O)(OCCCCNC(=O)C(F)(F)F)c1ccc(C(=O)N(C)CCOC(=O)Oc2ccc(C)cc2)c(C2=c3cc4c5c(c3Oc3c2cc2c6c3CCCN6CCC2)CCC[N+]=5CCC4)c1. The molecule has 0 aromatic heterocycles. The van der Waals surface area contributed by atoms with E-state index in [2.05, 4.69) is 53.8 Å². The van der Waals surface area contributed by atoms with Crippen molar-refractivity contribution < 1.29 is 111 Å². The summed E-state index contributed by atoms with van der Waals surface area (Å²) in [5.74, 6) is -1.85. The maximum Gasteiger partial charge on any atom is 0.513 e. The molecular formula is C102H122F6N10O18P2+2. The van der Waals surface area contributed by atoms with Crippen molar-refractivity contribution in [2.45, 2.75) is 187 Å². The molecule has 17 rings (SSSR count). The predicted octanol–water partition coefficient (Wildman–Crippen LogP) is 11.4. The van der Waals surface area contributed by atoms with Crippen LogP contribution in [0, 0.1) is 6.92 Å². The van der Waals surface area contributed by atoms with Gasteiger partial charge >= 0.3 is 45.5 Å². The van der Waals surface area contributed by atoms with Gasteiger partial charge in [0, 0.05) is 190 Å². The number of carbonyl (C=O) groups excluding carboxylic acids is 7.